The second-order valence-electron chi connectivity index (χ2n) is 16.4. The summed E-state index contributed by atoms with van der Waals surface area (Å²) < 4.78 is 19.3. The molecule has 0 N–H and O–H groups in total. The molecule has 0 fully saturated rings. The van der Waals surface area contributed by atoms with Gasteiger partial charge in [-0.1, -0.05) is 212 Å². The van der Waals surface area contributed by atoms with Crippen LogP contribution in [-0.2, 0) is 4.74 Å². The van der Waals surface area contributed by atoms with E-state index in [4.69, 9.17) is 9.37 Å². The van der Waals surface area contributed by atoms with Crippen molar-refractivity contribution in [1.29, 1.82) is 0 Å². The molecule has 0 radical (unpaired) electrons. The summed E-state index contributed by atoms with van der Waals surface area (Å²) in [5.41, 5.74) is 5.24. The third-order valence-electron chi connectivity index (χ3n) is 11.3. The van der Waals surface area contributed by atoms with Gasteiger partial charge in [0.15, 0.2) is 28.4 Å². The van der Waals surface area contributed by atoms with Crippen molar-refractivity contribution in [3.8, 4) is 22.4 Å². The molecule has 4 aromatic heterocycles. The Morgan fingerprint density at radius 2 is 0.808 bits per heavy atom. The van der Waals surface area contributed by atoms with E-state index in [1.165, 1.54) is 0 Å². The van der Waals surface area contributed by atoms with E-state index in [1.54, 1.807) is 135 Å². The van der Waals surface area contributed by atoms with Crippen LogP contribution < -0.4 is 4.90 Å². The molecule has 0 atom stereocenters. The highest BCUT2D eigenvalue weighted by Gasteiger charge is 2.33. The highest BCUT2D eigenvalue weighted by atomic mass is 16.8. The summed E-state index contributed by atoms with van der Waals surface area (Å²) in [6, 6.07) is 61.7. The molecule has 4 heterocycles. The van der Waals surface area contributed by atoms with Crippen molar-refractivity contribution >= 4 is 45.9 Å². The van der Waals surface area contributed by atoms with Crippen LogP contribution in [0.15, 0.2) is 226 Å². The highest BCUT2D eigenvalue weighted by Crippen LogP contribution is 2.35. The van der Waals surface area contributed by atoms with Crippen molar-refractivity contribution in [2.75, 3.05) is 6.61 Å². The minimum atomic E-state index is -0.615. The second-order valence-corrected chi connectivity index (χ2v) is 16.4. The molecule has 384 valence electrons. The Morgan fingerprint density at radius 1 is 0.436 bits per heavy atom. The molecule has 11 aromatic rings. The number of ketones is 5. The zero-order chi connectivity index (χ0) is 54.8. The topological polar surface area (TPSA) is 255 Å². The third kappa shape index (κ3) is 12.7. The highest BCUT2D eigenvalue weighted by molar-refractivity contribution is 6.18. The van der Waals surface area contributed by atoms with Crippen LogP contribution in [0.4, 0.5) is 0 Å². The van der Waals surface area contributed by atoms with Crippen molar-refractivity contribution in [3.05, 3.63) is 274 Å². The summed E-state index contributed by atoms with van der Waals surface area (Å²) in [7, 11) is 0. The summed E-state index contributed by atoms with van der Waals surface area (Å²) in [4.78, 5) is 77.3. The number of ether oxygens (including phenoxy) is 1. The molecule has 0 spiro atoms. The quantitative estimate of drug-likeness (QED) is 0.0591. The standard InChI is InChI=1S/C20H15N3O3.C16H10N2O4.C16H10N2O3.C8H8O/c1-2-25-20(24)18-15(13-9-5-3-6-10-13)17-19(23-26-22-17)16(21-18)14-11-7-4-8-12-14;19-15(11-7-3-1-4-8-11)13-14(18(21)22-17-13)16(20)12-9-5-2-6-10-12;19-15(11-7-3-1-4-8-11)13-14(18-21-17-13)16(20)12-9-5-2-6-10-12;1-7(9)8-5-3-2-4-6-8/h3-12H,2H2,1H3;1-10H;1-10H;2-6H,1H3. The summed E-state index contributed by atoms with van der Waals surface area (Å²) in [5, 5.41) is 30.4. The molecule has 0 aliphatic carbocycles. The Morgan fingerprint density at radius 3 is 1.23 bits per heavy atom. The molecule has 18 nitrogen and oxygen atoms in total. The maximum absolute atomic E-state index is 12.6. The maximum atomic E-state index is 12.6. The van der Waals surface area contributed by atoms with Gasteiger partial charge in [-0.3, -0.25) is 28.6 Å². The molecule has 0 saturated heterocycles. The van der Waals surface area contributed by atoms with Gasteiger partial charge >= 0.3 is 5.97 Å². The lowest BCUT2D eigenvalue weighted by Crippen LogP contribution is -2.32. The number of benzene rings is 7. The van der Waals surface area contributed by atoms with Gasteiger partial charge < -0.3 is 9.94 Å². The molecule has 18 heteroatoms. The van der Waals surface area contributed by atoms with Gasteiger partial charge in [-0.2, -0.15) is 0 Å². The lowest BCUT2D eigenvalue weighted by molar-refractivity contribution is -0.803. The predicted molar refractivity (Wildman–Crippen MR) is 282 cm³/mol. The van der Waals surface area contributed by atoms with E-state index in [1.807, 2.05) is 91.0 Å². The van der Waals surface area contributed by atoms with Gasteiger partial charge in [0.25, 0.3) is 11.4 Å². The van der Waals surface area contributed by atoms with E-state index in [9.17, 15) is 34.0 Å². The SMILES string of the molecule is CC(=O)c1ccccc1.CCOC(=O)c1nc(-c2ccccc2)c2nonc2c1-c1ccccc1.O=C(c1ccccc1)c1no[n+]([O-])c1C(=O)c1ccccc1.O=C(c1ccccc1)c1nonc1C(=O)c1ccccc1. The van der Waals surface area contributed by atoms with Crippen LogP contribution in [0.2, 0.25) is 0 Å². The van der Waals surface area contributed by atoms with E-state index in [2.05, 4.69) is 40.0 Å². The van der Waals surface area contributed by atoms with E-state index < -0.39 is 34.8 Å². The Labute approximate surface area is 444 Å². The molecule has 0 saturated carbocycles. The summed E-state index contributed by atoms with van der Waals surface area (Å²) in [5.74, 6) is -2.33. The van der Waals surface area contributed by atoms with Gasteiger partial charge in [0.1, 0.15) is 11.2 Å². The Hall–Kier alpha value is -11.0. The van der Waals surface area contributed by atoms with Crippen LogP contribution in [0.5, 0.6) is 0 Å². The van der Waals surface area contributed by atoms with E-state index in [0.29, 0.717) is 39.0 Å². The fraction of sp³-hybridized carbons (Fsp3) is 0.0500. The molecule has 0 unspecified atom stereocenters. The first kappa shape index (κ1) is 53.3. The van der Waals surface area contributed by atoms with Gasteiger partial charge in [0.05, 0.1) is 11.8 Å². The third-order valence-corrected chi connectivity index (χ3v) is 11.3. The van der Waals surface area contributed by atoms with Crippen molar-refractivity contribution < 1.29 is 52.3 Å². The predicted octanol–water partition coefficient (Wildman–Crippen LogP) is 10.3. The van der Waals surface area contributed by atoms with Crippen molar-refractivity contribution in [2.24, 2.45) is 0 Å². The number of rotatable bonds is 13. The molecule has 11 rings (SSSR count). The lowest BCUT2D eigenvalue weighted by atomic mass is 9.99. The van der Waals surface area contributed by atoms with Gasteiger partial charge in [-0.25, -0.2) is 19.0 Å². The Kier molecular flexibility index (Phi) is 17.6. The minimum absolute atomic E-state index is 0.0362. The fourth-order valence-corrected chi connectivity index (χ4v) is 7.52. The average Bonchev–Trinajstić information content (AvgIpc) is 4.36. The smallest absolute Gasteiger partial charge is 0.357 e. The van der Waals surface area contributed by atoms with E-state index in [-0.39, 0.29) is 45.6 Å². The van der Waals surface area contributed by atoms with Gasteiger partial charge in [0, 0.05) is 38.9 Å². The number of hydrogen-bond donors (Lipinski definition) is 0. The van der Waals surface area contributed by atoms with Gasteiger partial charge in [-0.15, -0.1) is 0 Å². The van der Waals surface area contributed by atoms with E-state index in [0.717, 1.165) is 16.7 Å². The first-order valence-electron chi connectivity index (χ1n) is 23.9. The van der Waals surface area contributed by atoms with Crippen LogP contribution in [0.3, 0.4) is 0 Å². The number of carbonyl (C=O) groups is 6. The number of pyridine rings is 1. The Bertz CT molecular complexity index is 3750. The molecule has 0 bridgehead atoms. The van der Waals surface area contributed by atoms with Crippen LogP contribution in [-0.4, -0.2) is 72.3 Å². The monoisotopic (exact) mass is 1040 g/mol. The first-order chi connectivity index (χ1) is 38.0. The van der Waals surface area contributed by atoms with Crippen LogP contribution in [0.1, 0.15) is 98.9 Å². The molecular weight excluding hydrogens is 995 g/mol. The largest absolute Gasteiger partial charge is 0.461 e. The number of Topliss-reactive ketones (excluding diaryl/α,β-unsaturated/α-hetero) is 1. The minimum Gasteiger partial charge on any atom is -0.461 e. The molecule has 7 aromatic carbocycles. The molecule has 78 heavy (non-hydrogen) atoms. The summed E-state index contributed by atoms with van der Waals surface area (Å²) in [6.45, 7) is 3.58. The molecule has 0 aliphatic heterocycles. The number of carbonyl (C=O) groups excluding carboxylic acids is 6. The summed E-state index contributed by atoms with van der Waals surface area (Å²) in [6.07, 6.45) is 0. The van der Waals surface area contributed by atoms with Crippen LogP contribution >= 0.6 is 0 Å². The van der Waals surface area contributed by atoms with Crippen LogP contribution in [0, 0.1) is 5.21 Å². The van der Waals surface area contributed by atoms with Gasteiger partial charge in [0.2, 0.25) is 23.1 Å². The zero-order valence-corrected chi connectivity index (χ0v) is 41.5. The zero-order valence-electron chi connectivity index (χ0n) is 41.5. The molecule has 0 aliphatic rings. The number of nitrogens with zero attached hydrogens (tertiary/aromatic N) is 7. The first-order valence-corrected chi connectivity index (χ1v) is 23.9. The van der Waals surface area contributed by atoms with Gasteiger partial charge in [-0.05, 0) is 44.9 Å². The average molecular weight is 1040 g/mol. The lowest BCUT2D eigenvalue weighted by Gasteiger charge is -2.11. The maximum Gasteiger partial charge on any atom is 0.357 e. The fourth-order valence-electron chi connectivity index (χ4n) is 7.52. The number of fused-ring (bicyclic) bond motifs is 1. The van der Waals surface area contributed by atoms with Crippen molar-refractivity contribution in [3.63, 3.8) is 0 Å². The second kappa shape index (κ2) is 25.8. The number of hydrogen-bond acceptors (Lipinski definition) is 17. The van der Waals surface area contributed by atoms with E-state index >= 15 is 0 Å². The Balaban J connectivity index is 0.000000144. The molecular formula is C60H43N7O11. The number of aromatic nitrogens is 7. The number of esters is 1. The van der Waals surface area contributed by atoms with Crippen molar-refractivity contribution in [2.45, 2.75) is 13.8 Å². The molecule has 0 amide bonds. The van der Waals surface area contributed by atoms with Crippen LogP contribution in [0.25, 0.3) is 33.4 Å². The summed E-state index contributed by atoms with van der Waals surface area (Å²) >= 11 is 0. The van der Waals surface area contributed by atoms with Crippen molar-refractivity contribution in [1.82, 2.24) is 30.8 Å². The normalized spacial score (nSPS) is 10.3.